The Morgan fingerprint density at radius 2 is 1.12 bits per heavy atom. The molecule has 5 aromatic rings. The van der Waals surface area contributed by atoms with E-state index >= 15 is 0 Å². The molecule has 5 aromatic carbocycles. The SMILES string of the molecule is CC(C)(C)c1ccccc1[NH-].[Cl-].[Cl-].[Hf+4].[c-]1cccc2c1Cc1ccccc1-2.c1ccc([Si]c2ccccc2)cc1. The topological polar surface area (TPSA) is 23.8 Å². The van der Waals surface area contributed by atoms with E-state index in [1.807, 2.05) is 30.3 Å². The molecule has 0 spiro atoms. The number of hydrogen-bond donors (Lipinski definition) is 0. The minimum Gasteiger partial charge on any atom is -1.00 e. The van der Waals surface area contributed by atoms with Crippen LogP contribution in [0.2, 0.25) is 0 Å². The van der Waals surface area contributed by atoms with Gasteiger partial charge in [-0.3, -0.25) is 0 Å². The first kappa shape index (κ1) is 35.6. The van der Waals surface area contributed by atoms with Crippen molar-refractivity contribution in [3.8, 4) is 11.1 Å². The largest absolute Gasteiger partial charge is 4.00 e. The maximum Gasteiger partial charge on any atom is 4.00 e. The van der Waals surface area contributed by atoms with Gasteiger partial charge in [0.2, 0.25) is 0 Å². The van der Waals surface area contributed by atoms with E-state index in [-0.39, 0.29) is 56.1 Å². The molecule has 0 heterocycles. The van der Waals surface area contributed by atoms with E-state index in [9.17, 15) is 0 Å². The molecule has 0 aliphatic heterocycles. The molecule has 1 nitrogen and oxygen atoms in total. The van der Waals surface area contributed by atoms with Crippen molar-refractivity contribution in [1.82, 2.24) is 0 Å². The van der Waals surface area contributed by atoms with Crippen LogP contribution in [0.5, 0.6) is 0 Å². The van der Waals surface area contributed by atoms with E-state index in [0.717, 1.165) is 21.5 Å². The van der Waals surface area contributed by atoms with E-state index in [1.165, 1.54) is 32.6 Å². The maximum absolute atomic E-state index is 7.63. The van der Waals surface area contributed by atoms with Gasteiger partial charge < -0.3 is 30.5 Å². The molecule has 0 unspecified atom stereocenters. The molecule has 0 bridgehead atoms. The van der Waals surface area contributed by atoms with Gasteiger partial charge in [0.25, 0.3) is 0 Å². The summed E-state index contributed by atoms with van der Waals surface area (Å²) in [6.45, 7) is 6.38. The number of rotatable bonds is 2. The molecule has 0 saturated heterocycles. The summed E-state index contributed by atoms with van der Waals surface area (Å²) in [7, 11) is 0.777. The Kier molecular flexibility index (Phi) is 15.5. The van der Waals surface area contributed by atoms with Gasteiger partial charge in [0.05, 0.1) is 0 Å². The molecule has 1 aliphatic carbocycles. The van der Waals surface area contributed by atoms with Gasteiger partial charge in [-0.05, 0) is 11.8 Å². The van der Waals surface area contributed by atoms with Crippen molar-refractivity contribution in [3.05, 3.63) is 156 Å². The van der Waals surface area contributed by atoms with Crippen molar-refractivity contribution in [3.63, 3.8) is 0 Å². The molecule has 200 valence electrons. The van der Waals surface area contributed by atoms with Crippen LogP contribution in [0, 0.1) is 6.07 Å². The molecule has 0 aromatic heterocycles. The van der Waals surface area contributed by atoms with Crippen molar-refractivity contribution < 1.29 is 50.7 Å². The van der Waals surface area contributed by atoms with Crippen LogP contribution in [-0.2, 0) is 37.7 Å². The summed E-state index contributed by atoms with van der Waals surface area (Å²) in [5.41, 5.74) is 15.0. The van der Waals surface area contributed by atoms with Crippen LogP contribution in [0.25, 0.3) is 16.9 Å². The fourth-order valence-electron chi connectivity index (χ4n) is 4.34. The van der Waals surface area contributed by atoms with Gasteiger partial charge in [-0.15, -0.1) is 11.3 Å². The van der Waals surface area contributed by atoms with Gasteiger partial charge in [0.15, 0.2) is 0 Å². The zero-order chi connectivity index (χ0) is 26.1. The summed E-state index contributed by atoms with van der Waals surface area (Å²) in [6.07, 6.45) is 1.05. The van der Waals surface area contributed by atoms with Crippen LogP contribution in [0.4, 0.5) is 5.69 Å². The van der Waals surface area contributed by atoms with Crippen molar-refractivity contribution in [2.75, 3.05) is 0 Å². The van der Waals surface area contributed by atoms with E-state index in [1.54, 1.807) is 0 Å². The first-order chi connectivity index (χ1) is 17.9. The van der Waals surface area contributed by atoms with Crippen LogP contribution >= 0.6 is 0 Å². The third kappa shape index (κ3) is 10.2. The second-order valence-electron chi connectivity index (χ2n) is 10.0. The second-order valence-corrected chi connectivity index (χ2v) is 11.5. The Balaban J connectivity index is 0.000000291. The Labute approximate surface area is 274 Å². The maximum atomic E-state index is 7.63. The standard InChI is InChI=1S/C13H9.C12H10Si.C10H14N.2ClH.Hf/c1-3-7-12-10(5-1)9-11-6-2-4-8-13(11)12;1-3-7-11(8-4-1)13-12-9-5-2-6-10-12;1-10(2,3)8-6-4-5-7-9(8)11;;;/h1-5,7-8H,9H2;1-10H;4-7,11H,1-3H3;2*1H;/q-1;;-1;;;+4/p-2. The molecular formula is C35H33Cl2HfNSi. The molecule has 0 saturated carbocycles. The zero-order valence-electron chi connectivity index (χ0n) is 23.1. The zero-order valence-corrected chi connectivity index (χ0v) is 29.2. The molecule has 2 radical (unpaired) electrons. The van der Waals surface area contributed by atoms with Crippen LogP contribution < -0.4 is 35.2 Å². The minimum atomic E-state index is 0. The summed E-state index contributed by atoms with van der Waals surface area (Å²) in [5.74, 6) is 0. The van der Waals surface area contributed by atoms with Gasteiger partial charge in [-0.25, -0.2) is 0 Å². The van der Waals surface area contributed by atoms with Crippen molar-refractivity contribution in [2.45, 2.75) is 32.6 Å². The number of fused-ring (bicyclic) bond motifs is 3. The fourth-order valence-corrected chi connectivity index (χ4v) is 5.40. The van der Waals surface area contributed by atoms with Crippen LogP contribution in [0.3, 0.4) is 0 Å². The smallest absolute Gasteiger partial charge is 1.00 e. The Morgan fingerprint density at radius 1 is 0.625 bits per heavy atom. The quantitative estimate of drug-likeness (QED) is 0.192. The van der Waals surface area contributed by atoms with E-state index < -0.39 is 0 Å². The summed E-state index contributed by atoms with van der Waals surface area (Å²) in [5, 5.41) is 2.79. The molecule has 0 fully saturated rings. The minimum absolute atomic E-state index is 0. The third-order valence-electron chi connectivity index (χ3n) is 6.19. The molecule has 1 N–H and O–H groups in total. The molecule has 0 amide bonds. The van der Waals surface area contributed by atoms with Gasteiger partial charge >= 0.3 is 25.8 Å². The molecular weight excluding hydrogens is 712 g/mol. The average Bonchev–Trinajstić information content (AvgIpc) is 3.29. The molecule has 40 heavy (non-hydrogen) atoms. The van der Waals surface area contributed by atoms with Gasteiger partial charge in [0, 0.05) is 0 Å². The average molecular weight is 745 g/mol. The summed E-state index contributed by atoms with van der Waals surface area (Å²) < 4.78 is 0. The van der Waals surface area contributed by atoms with Gasteiger partial charge in [0.1, 0.15) is 9.52 Å². The predicted molar refractivity (Wildman–Crippen MR) is 161 cm³/mol. The fraction of sp³-hybridized carbons (Fsp3) is 0.143. The summed E-state index contributed by atoms with van der Waals surface area (Å²) in [6, 6.07) is 47.0. The molecule has 5 heteroatoms. The Hall–Kier alpha value is -2.43. The normalized spacial score (nSPS) is 10.4. The summed E-state index contributed by atoms with van der Waals surface area (Å²) >= 11 is 0. The van der Waals surface area contributed by atoms with E-state index in [2.05, 4.69) is 124 Å². The first-order valence-electron chi connectivity index (χ1n) is 12.7. The van der Waals surface area contributed by atoms with E-state index in [4.69, 9.17) is 5.73 Å². The number of benzene rings is 5. The van der Waals surface area contributed by atoms with Crippen LogP contribution in [-0.4, -0.2) is 9.52 Å². The monoisotopic (exact) mass is 745 g/mol. The number of halogens is 2. The van der Waals surface area contributed by atoms with Crippen LogP contribution in [0.15, 0.2) is 127 Å². The molecule has 0 atom stereocenters. The molecule has 6 rings (SSSR count). The second kappa shape index (κ2) is 17.4. The van der Waals surface area contributed by atoms with Crippen LogP contribution in [0.1, 0.15) is 37.5 Å². The van der Waals surface area contributed by atoms with Crippen molar-refractivity contribution in [1.29, 1.82) is 0 Å². The van der Waals surface area contributed by atoms with Crippen molar-refractivity contribution in [2.24, 2.45) is 0 Å². The van der Waals surface area contributed by atoms with Gasteiger partial charge in [-0.1, -0.05) is 157 Å². The van der Waals surface area contributed by atoms with Gasteiger partial charge in [-0.2, -0.15) is 29.8 Å². The predicted octanol–water partition coefficient (Wildman–Crippen LogP) is 2.07. The third-order valence-corrected chi connectivity index (χ3v) is 7.43. The Bertz CT molecular complexity index is 1340. The molecule has 1 aliphatic rings. The Morgan fingerprint density at radius 3 is 1.68 bits per heavy atom. The first-order valence-corrected chi connectivity index (χ1v) is 13.7. The van der Waals surface area contributed by atoms with Crippen molar-refractivity contribution >= 4 is 25.6 Å². The summed E-state index contributed by atoms with van der Waals surface area (Å²) in [4.78, 5) is 0. The number of nitrogens with one attached hydrogen (secondary N) is 1. The van der Waals surface area contributed by atoms with E-state index in [0.29, 0.717) is 5.69 Å². The number of hydrogen-bond acceptors (Lipinski definition) is 0.